The molecule has 1 aromatic heterocycles. The highest BCUT2D eigenvalue weighted by Gasteiger charge is 2.32. The lowest BCUT2D eigenvalue weighted by molar-refractivity contribution is 0.0544. The lowest BCUT2D eigenvalue weighted by atomic mass is 10.1. The van der Waals surface area contributed by atoms with E-state index in [0.717, 1.165) is 19.5 Å². The number of aromatic nitrogens is 1. The quantitative estimate of drug-likeness (QED) is 0.790. The second-order valence-electron chi connectivity index (χ2n) is 7.28. The van der Waals surface area contributed by atoms with Crippen molar-refractivity contribution in [3.05, 3.63) is 53.9 Å². The molecule has 29 heavy (non-hydrogen) atoms. The Morgan fingerprint density at radius 3 is 2.55 bits per heavy atom. The zero-order valence-electron chi connectivity index (χ0n) is 16.8. The summed E-state index contributed by atoms with van der Waals surface area (Å²) in [4.78, 5) is 21.4. The lowest BCUT2D eigenvalue weighted by Crippen LogP contribution is -2.55. The van der Waals surface area contributed by atoms with E-state index in [1.54, 1.807) is 38.6 Å². The zero-order valence-corrected chi connectivity index (χ0v) is 16.8. The summed E-state index contributed by atoms with van der Waals surface area (Å²) in [7, 11) is 3.16. The zero-order chi connectivity index (χ0) is 20.2. The Morgan fingerprint density at radius 1 is 1.07 bits per heavy atom. The van der Waals surface area contributed by atoms with Crippen molar-refractivity contribution >= 4 is 5.91 Å². The molecule has 0 spiro atoms. The van der Waals surface area contributed by atoms with Crippen molar-refractivity contribution in [3.8, 4) is 11.5 Å². The molecule has 0 saturated carbocycles. The van der Waals surface area contributed by atoms with Crippen LogP contribution in [0.3, 0.4) is 0 Å². The van der Waals surface area contributed by atoms with Gasteiger partial charge in [0, 0.05) is 44.1 Å². The molecule has 8 heteroatoms. The first-order valence-electron chi connectivity index (χ1n) is 9.86. The number of ether oxygens (including phenoxy) is 2. The van der Waals surface area contributed by atoms with E-state index in [0.29, 0.717) is 30.2 Å². The van der Waals surface area contributed by atoms with E-state index in [-0.39, 0.29) is 18.1 Å². The van der Waals surface area contributed by atoms with Gasteiger partial charge in [-0.3, -0.25) is 14.7 Å². The van der Waals surface area contributed by atoms with Crippen molar-refractivity contribution in [2.45, 2.75) is 18.6 Å². The summed E-state index contributed by atoms with van der Waals surface area (Å²) in [5, 5.41) is 0. The van der Waals surface area contributed by atoms with Gasteiger partial charge in [0.05, 0.1) is 26.4 Å². The van der Waals surface area contributed by atoms with Crippen LogP contribution < -0.4 is 20.3 Å². The van der Waals surface area contributed by atoms with Gasteiger partial charge < -0.3 is 14.4 Å². The highest BCUT2D eigenvalue weighted by atomic mass is 16.5. The van der Waals surface area contributed by atoms with E-state index in [1.165, 1.54) is 5.56 Å². The topological polar surface area (TPSA) is 79.0 Å². The molecule has 2 aromatic rings. The van der Waals surface area contributed by atoms with Crippen LogP contribution in [0, 0.1) is 0 Å². The van der Waals surface area contributed by atoms with E-state index in [9.17, 15) is 4.79 Å². The molecule has 2 saturated heterocycles. The van der Waals surface area contributed by atoms with Crippen molar-refractivity contribution in [2.75, 3.05) is 40.4 Å². The molecule has 2 aliphatic heterocycles. The number of pyridine rings is 1. The largest absolute Gasteiger partial charge is 0.493 e. The molecule has 2 unspecified atom stereocenters. The van der Waals surface area contributed by atoms with Gasteiger partial charge in [-0.15, -0.1) is 0 Å². The first-order valence-corrected chi connectivity index (χ1v) is 9.86. The van der Waals surface area contributed by atoms with Gasteiger partial charge in [-0.25, -0.2) is 10.9 Å². The van der Waals surface area contributed by atoms with E-state index >= 15 is 0 Å². The van der Waals surface area contributed by atoms with Crippen LogP contribution in [0.5, 0.6) is 11.5 Å². The molecule has 4 rings (SSSR count). The number of hydrogen-bond acceptors (Lipinski definition) is 7. The molecule has 1 aromatic carbocycles. The summed E-state index contributed by atoms with van der Waals surface area (Å²) >= 11 is 0. The van der Waals surface area contributed by atoms with Crippen LogP contribution in [0.1, 0.15) is 28.4 Å². The maximum Gasteiger partial charge on any atom is 0.254 e. The van der Waals surface area contributed by atoms with E-state index < -0.39 is 0 Å². The Morgan fingerprint density at radius 2 is 1.86 bits per heavy atom. The van der Waals surface area contributed by atoms with Crippen LogP contribution in [0.15, 0.2) is 42.7 Å². The van der Waals surface area contributed by atoms with Gasteiger partial charge in [0.15, 0.2) is 11.5 Å². The minimum Gasteiger partial charge on any atom is -0.493 e. The molecular formula is C21H27N5O3. The molecule has 8 nitrogen and oxygen atoms in total. The Balaban J connectivity index is 1.33. The van der Waals surface area contributed by atoms with Crippen LogP contribution in [0.25, 0.3) is 0 Å². The minimum atomic E-state index is 0.0244. The van der Waals surface area contributed by atoms with E-state index in [2.05, 4.69) is 26.8 Å². The molecule has 2 N–H and O–H groups in total. The Hall–Kier alpha value is -2.68. The van der Waals surface area contributed by atoms with Crippen LogP contribution in [-0.4, -0.2) is 67.3 Å². The van der Waals surface area contributed by atoms with Gasteiger partial charge in [-0.1, -0.05) is 6.07 Å². The fourth-order valence-corrected chi connectivity index (χ4v) is 3.97. The van der Waals surface area contributed by atoms with Crippen molar-refractivity contribution in [1.29, 1.82) is 0 Å². The first kappa shape index (κ1) is 19.6. The standard InChI is InChI=1S/C21H27N5O3/c1-28-18-6-5-15(12-19(18)29-2)21(27)26-10-8-25(9-11-26)20-13-17(23-24-20)16-4-3-7-22-14-16/h3-7,12,14,17,20,23-24H,8-11,13H2,1-2H3. The third-order valence-corrected chi connectivity index (χ3v) is 5.64. The van der Waals surface area contributed by atoms with Gasteiger partial charge in [0.2, 0.25) is 0 Å². The van der Waals surface area contributed by atoms with Crippen LogP contribution in [-0.2, 0) is 0 Å². The van der Waals surface area contributed by atoms with Crippen LogP contribution >= 0.6 is 0 Å². The molecule has 2 aliphatic rings. The average molecular weight is 397 g/mol. The second kappa shape index (κ2) is 8.77. The predicted molar refractivity (Wildman–Crippen MR) is 109 cm³/mol. The number of carbonyl (C=O) groups is 1. The first-order chi connectivity index (χ1) is 14.2. The predicted octanol–water partition coefficient (Wildman–Crippen LogP) is 1.42. The number of piperazine rings is 1. The molecule has 0 radical (unpaired) electrons. The lowest BCUT2D eigenvalue weighted by Gasteiger charge is -2.37. The van der Waals surface area contributed by atoms with Crippen molar-refractivity contribution in [1.82, 2.24) is 25.6 Å². The average Bonchev–Trinajstić information content (AvgIpc) is 3.29. The Bertz CT molecular complexity index is 839. The Kier molecular flexibility index (Phi) is 5.94. The van der Waals surface area contributed by atoms with Crippen LogP contribution in [0.4, 0.5) is 0 Å². The molecule has 0 aliphatic carbocycles. The van der Waals surface area contributed by atoms with Gasteiger partial charge in [0.25, 0.3) is 5.91 Å². The summed E-state index contributed by atoms with van der Waals surface area (Å²) in [6.45, 7) is 3.06. The third-order valence-electron chi connectivity index (χ3n) is 5.64. The highest BCUT2D eigenvalue weighted by molar-refractivity contribution is 5.95. The number of benzene rings is 1. The van der Waals surface area contributed by atoms with Crippen molar-refractivity contribution in [2.24, 2.45) is 0 Å². The number of methoxy groups -OCH3 is 2. The number of hydrazine groups is 1. The molecule has 2 fully saturated rings. The molecule has 154 valence electrons. The van der Waals surface area contributed by atoms with Gasteiger partial charge in [0.1, 0.15) is 0 Å². The molecule has 3 heterocycles. The van der Waals surface area contributed by atoms with Crippen molar-refractivity contribution < 1.29 is 14.3 Å². The number of hydrogen-bond donors (Lipinski definition) is 2. The summed E-state index contributed by atoms with van der Waals surface area (Å²) in [6, 6.07) is 9.61. The highest BCUT2D eigenvalue weighted by Crippen LogP contribution is 2.28. The normalized spacial score (nSPS) is 22.5. The molecular weight excluding hydrogens is 370 g/mol. The smallest absolute Gasteiger partial charge is 0.254 e. The van der Waals surface area contributed by atoms with Gasteiger partial charge in [-0.05, 0) is 36.2 Å². The number of carbonyl (C=O) groups excluding carboxylic acids is 1. The fraction of sp³-hybridized carbons (Fsp3) is 0.429. The van der Waals surface area contributed by atoms with Gasteiger partial charge in [-0.2, -0.15) is 0 Å². The van der Waals surface area contributed by atoms with E-state index in [1.807, 2.05) is 17.2 Å². The van der Waals surface area contributed by atoms with Crippen LogP contribution in [0.2, 0.25) is 0 Å². The van der Waals surface area contributed by atoms with Crippen molar-refractivity contribution in [3.63, 3.8) is 0 Å². The summed E-state index contributed by atoms with van der Waals surface area (Å²) in [5.41, 5.74) is 8.56. The SMILES string of the molecule is COc1ccc(C(=O)N2CCN(C3CC(c4cccnc4)NN3)CC2)cc1OC. The monoisotopic (exact) mass is 397 g/mol. The van der Waals surface area contributed by atoms with Gasteiger partial charge >= 0.3 is 0 Å². The minimum absolute atomic E-state index is 0.0244. The summed E-state index contributed by atoms with van der Waals surface area (Å²) in [5.74, 6) is 1.22. The molecule has 1 amide bonds. The molecule has 2 atom stereocenters. The number of nitrogens with zero attached hydrogens (tertiary/aromatic N) is 3. The Labute approximate surface area is 170 Å². The van der Waals surface area contributed by atoms with E-state index in [4.69, 9.17) is 9.47 Å². The maximum atomic E-state index is 12.9. The second-order valence-corrected chi connectivity index (χ2v) is 7.28. The summed E-state index contributed by atoms with van der Waals surface area (Å²) < 4.78 is 10.6. The summed E-state index contributed by atoms with van der Waals surface area (Å²) in [6.07, 6.45) is 4.91. The number of amides is 1. The number of nitrogens with one attached hydrogen (secondary N) is 2. The maximum absolute atomic E-state index is 12.9. The number of rotatable bonds is 5. The fourth-order valence-electron chi connectivity index (χ4n) is 3.97. The molecule has 0 bridgehead atoms. The third kappa shape index (κ3) is 4.19.